The molecule has 6 nitrogen and oxygen atoms in total. The number of nitrogens with one attached hydrogen (secondary N) is 1. The molecule has 0 radical (unpaired) electrons. The monoisotopic (exact) mass is 445 g/mol. The molecule has 174 valence electrons. The van der Waals surface area contributed by atoms with Gasteiger partial charge in [0.15, 0.2) is 0 Å². The van der Waals surface area contributed by atoms with E-state index in [-0.39, 0.29) is 6.03 Å². The third-order valence-electron chi connectivity index (χ3n) is 8.87. The first-order chi connectivity index (χ1) is 16.0. The summed E-state index contributed by atoms with van der Waals surface area (Å²) in [5.74, 6) is 3.58. The van der Waals surface area contributed by atoms with Crippen molar-refractivity contribution in [1.82, 2.24) is 14.8 Å². The van der Waals surface area contributed by atoms with Crippen molar-refractivity contribution in [2.75, 3.05) is 44.3 Å². The quantitative estimate of drug-likeness (QED) is 0.640. The van der Waals surface area contributed by atoms with Gasteiger partial charge >= 0.3 is 6.03 Å². The minimum atomic E-state index is -0.0576. The molecule has 2 aromatic rings. The number of aromatic nitrogens is 1. The number of nitrogens with zero attached hydrogens (tertiary/aromatic N) is 3. The number of carbonyl (C=O) groups excluding carboxylic acids is 1. The van der Waals surface area contributed by atoms with E-state index in [2.05, 4.69) is 22.2 Å². The van der Waals surface area contributed by atoms with Crippen molar-refractivity contribution in [1.29, 1.82) is 0 Å². The first-order valence-electron chi connectivity index (χ1n) is 12.5. The Kier molecular flexibility index (Phi) is 5.09. The molecule has 2 unspecified atom stereocenters. The molecule has 2 heterocycles. The van der Waals surface area contributed by atoms with Gasteiger partial charge in [0.1, 0.15) is 0 Å². The normalized spacial score (nSPS) is 30.1. The van der Waals surface area contributed by atoms with Gasteiger partial charge in [0.2, 0.25) is 0 Å². The van der Waals surface area contributed by atoms with Crippen molar-refractivity contribution in [2.45, 2.75) is 32.1 Å². The topological polar surface area (TPSA) is 74.5 Å². The van der Waals surface area contributed by atoms with Gasteiger partial charge < -0.3 is 20.9 Å². The lowest BCUT2D eigenvalue weighted by Gasteiger charge is -2.43. The highest BCUT2D eigenvalue weighted by atomic mass is 16.2. The molecule has 2 amide bonds. The van der Waals surface area contributed by atoms with Gasteiger partial charge in [-0.2, -0.15) is 0 Å². The van der Waals surface area contributed by atoms with Crippen molar-refractivity contribution in [3.8, 4) is 11.1 Å². The average Bonchev–Trinajstić information content (AvgIpc) is 3.15. The van der Waals surface area contributed by atoms with Crippen molar-refractivity contribution >= 4 is 17.4 Å². The van der Waals surface area contributed by atoms with Crippen LogP contribution in [-0.4, -0.2) is 54.0 Å². The number of hydrogen-bond donors (Lipinski definition) is 2. The highest BCUT2D eigenvalue weighted by Crippen LogP contribution is 2.65. The number of likely N-dealkylation sites (tertiary alicyclic amines) is 1. The van der Waals surface area contributed by atoms with Crippen molar-refractivity contribution in [3.05, 3.63) is 42.7 Å². The molecule has 4 aliphatic carbocycles. The standard InChI is InChI=1S/C27H35N5O/c1-31(17-27-12-18-8-19(13-27)10-23(27)9-18)14-20-15-32(16-20)26(33)30-25-11-22(2-3-24(25)28)21-4-6-29-7-5-21/h2-7,11,18-20,23H,8-10,12-17,28H2,1H3,(H,30,33). The molecule has 2 atom stereocenters. The third kappa shape index (κ3) is 3.88. The van der Waals surface area contributed by atoms with E-state index in [0.717, 1.165) is 48.5 Å². The number of nitrogen functional groups attached to an aromatic ring is 1. The molecule has 5 fully saturated rings. The number of rotatable bonds is 6. The molecular weight excluding hydrogens is 410 g/mol. The van der Waals surface area contributed by atoms with Crippen LogP contribution in [0.25, 0.3) is 11.1 Å². The van der Waals surface area contributed by atoms with Gasteiger partial charge in [0.05, 0.1) is 11.4 Å². The van der Waals surface area contributed by atoms with Crippen LogP contribution in [0, 0.1) is 29.1 Å². The molecule has 4 bridgehead atoms. The summed E-state index contributed by atoms with van der Waals surface area (Å²) in [4.78, 5) is 21.4. The number of carbonyl (C=O) groups is 1. The highest BCUT2D eigenvalue weighted by molar-refractivity contribution is 5.94. The number of hydrogen-bond acceptors (Lipinski definition) is 4. The van der Waals surface area contributed by atoms with Crippen molar-refractivity contribution in [2.24, 2.45) is 29.1 Å². The lowest BCUT2D eigenvalue weighted by molar-refractivity contribution is 0.0735. The van der Waals surface area contributed by atoms with Crippen molar-refractivity contribution < 1.29 is 4.79 Å². The van der Waals surface area contributed by atoms with Crippen LogP contribution in [0.3, 0.4) is 0 Å². The van der Waals surface area contributed by atoms with E-state index in [4.69, 9.17) is 5.73 Å². The second-order valence-corrected chi connectivity index (χ2v) is 11.3. The second kappa shape index (κ2) is 8.01. The Bertz CT molecular complexity index is 1020. The zero-order valence-electron chi connectivity index (χ0n) is 19.5. The summed E-state index contributed by atoms with van der Waals surface area (Å²) < 4.78 is 0. The fraction of sp³-hybridized carbons (Fsp3) is 0.556. The summed E-state index contributed by atoms with van der Waals surface area (Å²) in [5, 5.41) is 3.03. The number of pyridine rings is 1. The number of urea groups is 1. The van der Waals surface area contributed by atoms with Crippen LogP contribution in [0.15, 0.2) is 42.7 Å². The number of benzene rings is 1. The number of amides is 2. The smallest absolute Gasteiger partial charge is 0.321 e. The van der Waals surface area contributed by atoms with Gasteiger partial charge in [-0.3, -0.25) is 4.98 Å². The fourth-order valence-electron chi connectivity index (χ4n) is 7.70. The molecule has 4 saturated carbocycles. The van der Waals surface area contributed by atoms with Crippen LogP contribution in [0.4, 0.5) is 16.2 Å². The summed E-state index contributed by atoms with van der Waals surface area (Å²) in [5.41, 5.74) is 10.1. The van der Waals surface area contributed by atoms with Gasteiger partial charge in [-0.15, -0.1) is 0 Å². The third-order valence-corrected chi connectivity index (χ3v) is 8.87. The van der Waals surface area contributed by atoms with Crippen LogP contribution in [0.2, 0.25) is 0 Å². The maximum Gasteiger partial charge on any atom is 0.321 e. The zero-order valence-corrected chi connectivity index (χ0v) is 19.5. The minimum absolute atomic E-state index is 0.0576. The Labute approximate surface area is 196 Å². The first-order valence-corrected chi connectivity index (χ1v) is 12.5. The van der Waals surface area contributed by atoms with Gasteiger partial charge in [-0.1, -0.05) is 6.07 Å². The molecule has 0 spiro atoms. The Hall–Kier alpha value is -2.60. The highest BCUT2D eigenvalue weighted by Gasteiger charge is 2.57. The van der Waals surface area contributed by atoms with E-state index in [0.29, 0.717) is 22.7 Å². The van der Waals surface area contributed by atoms with Gasteiger partial charge in [0, 0.05) is 44.5 Å². The van der Waals surface area contributed by atoms with Gasteiger partial charge in [-0.25, -0.2) is 4.79 Å². The Morgan fingerprint density at radius 2 is 1.85 bits per heavy atom. The average molecular weight is 446 g/mol. The predicted molar refractivity (Wildman–Crippen MR) is 132 cm³/mol. The van der Waals surface area contributed by atoms with E-state index in [9.17, 15) is 4.79 Å². The Morgan fingerprint density at radius 1 is 1.12 bits per heavy atom. The summed E-state index contributed by atoms with van der Waals surface area (Å²) >= 11 is 0. The first kappa shape index (κ1) is 21.0. The van der Waals surface area contributed by atoms with Crippen molar-refractivity contribution in [3.63, 3.8) is 0 Å². The van der Waals surface area contributed by atoms with Crippen LogP contribution in [0.5, 0.6) is 0 Å². The summed E-state index contributed by atoms with van der Waals surface area (Å²) in [6.07, 6.45) is 11.0. The second-order valence-electron chi connectivity index (χ2n) is 11.3. The number of anilines is 2. The van der Waals surface area contributed by atoms with Crippen LogP contribution in [0.1, 0.15) is 32.1 Å². The lowest BCUT2D eigenvalue weighted by Crippen LogP contribution is -2.55. The largest absolute Gasteiger partial charge is 0.397 e. The zero-order chi connectivity index (χ0) is 22.6. The summed E-state index contributed by atoms with van der Waals surface area (Å²) in [7, 11) is 2.29. The molecule has 1 aliphatic heterocycles. The maximum atomic E-state index is 12.8. The molecule has 5 aliphatic rings. The molecule has 3 N–H and O–H groups in total. The molecule has 33 heavy (non-hydrogen) atoms. The molecular formula is C27H35N5O. The summed E-state index contributed by atoms with van der Waals surface area (Å²) in [6.45, 7) is 3.99. The van der Waals surface area contributed by atoms with Crippen LogP contribution < -0.4 is 11.1 Å². The van der Waals surface area contributed by atoms with Crippen LogP contribution >= 0.6 is 0 Å². The number of nitrogens with two attached hydrogens (primary N) is 1. The van der Waals surface area contributed by atoms with Crippen LogP contribution in [-0.2, 0) is 0 Å². The molecule has 1 aromatic carbocycles. The lowest BCUT2D eigenvalue weighted by atomic mass is 9.75. The predicted octanol–water partition coefficient (Wildman–Crippen LogP) is 4.55. The Balaban J connectivity index is 1.01. The molecule has 6 heteroatoms. The Morgan fingerprint density at radius 3 is 2.58 bits per heavy atom. The van der Waals surface area contributed by atoms with Gasteiger partial charge in [0.25, 0.3) is 0 Å². The van der Waals surface area contributed by atoms with E-state index < -0.39 is 0 Å². The van der Waals surface area contributed by atoms with Gasteiger partial charge in [-0.05, 0) is 97.7 Å². The minimum Gasteiger partial charge on any atom is -0.397 e. The summed E-state index contributed by atoms with van der Waals surface area (Å²) in [6, 6.07) is 9.61. The van der Waals surface area contributed by atoms with E-state index in [1.165, 1.54) is 38.6 Å². The van der Waals surface area contributed by atoms with E-state index >= 15 is 0 Å². The molecule has 1 saturated heterocycles. The molecule has 7 rings (SSSR count). The fourth-order valence-corrected chi connectivity index (χ4v) is 7.70. The maximum absolute atomic E-state index is 12.8. The SMILES string of the molecule is CN(CC1CN(C(=O)Nc2cc(-c3ccncc3)ccc2N)C1)CC12CC3CC(CC1C3)C2. The van der Waals surface area contributed by atoms with E-state index in [1.54, 1.807) is 12.4 Å². The molecule has 1 aromatic heterocycles. The van der Waals surface area contributed by atoms with E-state index in [1.807, 2.05) is 35.2 Å².